The number of carbonyl (C=O) groups is 2. The van der Waals surface area contributed by atoms with Crippen LogP contribution in [0.25, 0.3) is 11.3 Å². The quantitative estimate of drug-likeness (QED) is 0.265. The number of benzene rings is 1. The third-order valence-corrected chi connectivity index (χ3v) is 5.97. The number of nitrogens with one attached hydrogen (secondary N) is 2. The van der Waals surface area contributed by atoms with E-state index in [0.29, 0.717) is 5.01 Å². The van der Waals surface area contributed by atoms with Gasteiger partial charge in [-0.25, -0.2) is 19.9 Å². The summed E-state index contributed by atoms with van der Waals surface area (Å²) >= 11 is 6.52. The Morgan fingerprint density at radius 3 is 2.58 bits per heavy atom. The van der Waals surface area contributed by atoms with Gasteiger partial charge in [-0.2, -0.15) is 17.6 Å². The molecule has 3 aromatic heterocycles. The molecule has 2 N–H and O–H groups in total. The van der Waals surface area contributed by atoms with Gasteiger partial charge in [0.2, 0.25) is 5.95 Å². The Kier molecular flexibility index (Phi) is 7.22. The molecule has 3 heterocycles. The van der Waals surface area contributed by atoms with Crippen molar-refractivity contribution in [2.75, 3.05) is 5.32 Å². The van der Waals surface area contributed by atoms with E-state index >= 15 is 0 Å². The highest BCUT2D eigenvalue weighted by molar-refractivity contribution is 7.13. The Hall–Kier alpha value is -3.97. The molecule has 0 bridgehead atoms. The first-order valence-electron chi connectivity index (χ1n) is 9.96. The molecule has 0 saturated carbocycles. The van der Waals surface area contributed by atoms with Crippen molar-refractivity contribution in [3.8, 4) is 11.3 Å². The number of alkyl halides is 3. The average molecular weight is 537 g/mol. The summed E-state index contributed by atoms with van der Waals surface area (Å²) in [6.45, 7) is -0.0590. The van der Waals surface area contributed by atoms with Crippen molar-refractivity contribution in [3.63, 3.8) is 0 Å². The molecule has 8 nitrogen and oxygen atoms in total. The maximum Gasteiger partial charge on any atom is 0.417 e. The summed E-state index contributed by atoms with van der Waals surface area (Å²) in [5.74, 6) is -2.02. The van der Waals surface area contributed by atoms with Gasteiger partial charge in [0.15, 0.2) is 0 Å². The van der Waals surface area contributed by atoms with E-state index in [1.165, 1.54) is 36.7 Å². The van der Waals surface area contributed by atoms with Crippen LogP contribution < -0.4 is 10.6 Å². The number of halogens is 5. The molecule has 0 atom stereocenters. The molecule has 0 aliphatic heterocycles. The Labute approximate surface area is 209 Å². The highest BCUT2D eigenvalue weighted by Crippen LogP contribution is 2.36. The Morgan fingerprint density at radius 1 is 1.03 bits per heavy atom. The fraction of sp³-hybridized carbons (Fsp3) is 0.0909. The van der Waals surface area contributed by atoms with E-state index in [4.69, 9.17) is 11.6 Å². The van der Waals surface area contributed by atoms with Crippen LogP contribution in [0.15, 0.2) is 55.1 Å². The molecule has 4 rings (SSSR count). The molecule has 0 radical (unpaired) electrons. The van der Waals surface area contributed by atoms with Crippen molar-refractivity contribution >= 4 is 40.4 Å². The lowest BCUT2D eigenvalue weighted by Gasteiger charge is -2.11. The van der Waals surface area contributed by atoms with Gasteiger partial charge in [0.25, 0.3) is 11.8 Å². The third-order valence-electron chi connectivity index (χ3n) is 4.64. The van der Waals surface area contributed by atoms with Gasteiger partial charge in [-0.15, -0.1) is 11.3 Å². The van der Waals surface area contributed by atoms with Crippen LogP contribution in [0.1, 0.15) is 30.7 Å². The van der Waals surface area contributed by atoms with E-state index < -0.39 is 34.5 Å². The number of amides is 2. The number of aromatic nitrogens is 4. The molecule has 14 heteroatoms. The lowest BCUT2D eigenvalue weighted by molar-refractivity contribution is -0.137. The SMILES string of the molecule is O=C(NCc1ncc(C(=O)Nc2ccc(Cl)c(C(F)(F)F)c2)s1)c1cc(-c2cccnc2F)ncn1. The predicted molar refractivity (Wildman–Crippen MR) is 123 cm³/mol. The Bertz CT molecular complexity index is 1450. The van der Waals surface area contributed by atoms with Gasteiger partial charge >= 0.3 is 6.18 Å². The number of hydrogen-bond donors (Lipinski definition) is 2. The number of thiazole rings is 1. The third kappa shape index (κ3) is 5.80. The zero-order valence-electron chi connectivity index (χ0n) is 17.8. The summed E-state index contributed by atoms with van der Waals surface area (Å²) in [5, 5.41) is 4.81. The first-order valence-corrected chi connectivity index (χ1v) is 11.1. The molecule has 0 aliphatic carbocycles. The monoisotopic (exact) mass is 536 g/mol. The van der Waals surface area contributed by atoms with Gasteiger partial charge in [-0.05, 0) is 36.4 Å². The predicted octanol–water partition coefficient (Wildman–Crippen LogP) is 4.99. The van der Waals surface area contributed by atoms with Gasteiger partial charge in [0.05, 0.1) is 34.6 Å². The van der Waals surface area contributed by atoms with Crippen molar-refractivity contribution in [1.29, 1.82) is 0 Å². The highest BCUT2D eigenvalue weighted by atomic mass is 35.5. The molecule has 0 aliphatic rings. The largest absolute Gasteiger partial charge is 0.417 e. The van der Waals surface area contributed by atoms with Gasteiger partial charge in [0.1, 0.15) is 21.9 Å². The molecule has 184 valence electrons. The molecule has 1 aromatic carbocycles. The van der Waals surface area contributed by atoms with Crippen LogP contribution in [-0.4, -0.2) is 31.8 Å². The van der Waals surface area contributed by atoms with E-state index in [2.05, 4.69) is 30.6 Å². The van der Waals surface area contributed by atoms with E-state index in [0.717, 1.165) is 29.8 Å². The second kappa shape index (κ2) is 10.3. The number of carbonyl (C=O) groups excluding carboxylic acids is 2. The Balaban J connectivity index is 1.39. The van der Waals surface area contributed by atoms with E-state index in [-0.39, 0.29) is 34.1 Å². The minimum absolute atomic E-state index is 0.0269. The van der Waals surface area contributed by atoms with Gasteiger partial charge < -0.3 is 10.6 Å². The second-order valence-electron chi connectivity index (χ2n) is 7.08. The highest BCUT2D eigenvalue weighted by Gasteiger charge is 2.33. The van der Waals surface area contributed by atoms with Crippen molar-refractivity contribution in [2.24, 2.45) is 0 Å². The molecule has 0 fully saturated rings. The van der Waals surface area contributed by atoms with Crippen molar-refractivity contribution < 1.29 is 27.2 Å². The molecule has 36 heavy (non-hydrogen) atoms. The number of hydrogen-bond acceptors (Lipinski definition) is 7. The number of rotatable bonds is 6. The summed E-state index contributed by atoms with van der Waals surface area (Å²) in [5.41, 5.74) is -0.920. The van der Waals surface area contributed by atoms with Crippen LogP contribution in [0.2, 0.25) is 5.02 Å². The molecular weight excluding hydrogens is 524 g/mol. The Morgan fingerprint density at radius 2 is 1.83 bits per heavy atom. The van der Waals surface area contributed by atoms with Gasteiger partial charge in [0, 0.05) is 11.9 Å². The van der Waals surface area contributed by atoms with E-state index in [1.807, 2.05) is 0 Å². The lowest BCUT2D eigenvalue weighted by Crippen LogP contribution is -2.23. The zero-order valence-corrected chi connectivity index (χ0v) is 19.4. The minimum atomic E-state index is -4.68. The molecule has 4 aromatic rings. The number of anilines is 1. The van der Waals surface area contributed by atoms with Crippen LogP contribution in [0.4, 0.5) is 23.2 Å². The fourth-order valence-corrected chi connectivity index (χ4v) is 3.94. The first kappa shape index (κ1) is 25.1. The summed E-state index contributed by atoms with van der Waals surface area (Å²) in [4.78, 5) is 40.5. The standard InChI is InChI=1S/C22H13ClF4N6O2S/c23-14-4-3-11(6-13(14)22(25,26)27)33-21(35)17-8-29-18(36-17)9-30-20(34)16-7-15(31-10-32-16)12-2-1-5-28-19(12)24/h1-8,10H,9H2,(H,30,34)(H,33,35). The van der Waals surface area contributed by atoms with Crippen LogP contribution in [0.5, 0.6) is 0 Å². The van der Waals surface area contributed by atoms with Crippen molar-refractivity contribution in [1.82, 2.24) is 25.3 Å². The lowest BCUT2D eigenvalue weighted by atomic mass is 10.2. The van der Waals surface area contributed by atoms with Gasteiger partial charge in [-0.1, -0.05) is 11.6 Å². The number of pyridine rings is 1. The van der Waals surface area contributed by atoms with Crippen LogP contribution >= 0.6 is 22.9 Å². The van der Waals surface area contributed by atoms with E-state index in [1.54, 1.807) is 0 Å². The van der Waals surface area contributed by atoms with Crippen molar-refractivity contribution in [2.45, 2.75) is 12.7 Å². The smallest absolute Gasteiger partial charge is 0.344 e. The normalized spacial score (nSPS) is 11.2. The maximum atomic E-state index is 13.9. The van der Waals surface area contributed by atoms with Crippen LogP contribution in [-0.2, 0) is 12.7 Å². The second-order valence-corrected chi connectivity index (χ2v) is 8.60. The topological polar surface area (TPSA) is 110 Å². The van der Waals surface area contributed by atoms with Crippen LogP contribution in [0.3, 0.4) is 0 Å². The van der Waals surface area contributed by atoms with Crippen LogP contribution in [0, 0.1) is 5.95 Å². The molecule has 0 spiro atoms. The van der Waals surface area contributed by atoms with Crippen molar-refractivity contribution in [3.05, 3.63) is 87.2 Å². The minimum Gasteiger partial charge on any atom is -0.344 e. The van der Waals surface area contributed by atoms with Gasteiger partial charge in [-0.3, -0.25) is 9.59 Å². The number of nitrogens with zero attached hydrogens (tertiary/aromatic N) is 4. The summed E-state index contributed by atoms with van der Waals surface area (Å²) in [6.07, 6.45) is -1.05. The summed E-state index contributed by atoms with van der Waals surface area (Å²) < 4.78 is 53.0. The maximum absolute atomic E-state index is 13.9. The zero-order chi connectivity index (χ0) is 25.9. The molecule has 0 unspecified atom stereocenters. The summed E-state index contributed by atoms with van der Waals surface area (Å²) in [6, 6.07) is 7.30. The molecule has 0 saturated heterocycles. The average Bonchev–Trinajstić information content (AvgIpc) is 3.33. The first-order chi connectivity index (χ1) is 17.1. The summed E-state index contributed by atoms with van der Waals surface area (Å²) in [7, 11) is 0. The molecular formula is C22H13ClF4N6O2S. The van der Waals surface area contributed by atoms with E-state index in [9.17, 15) is 27.2 Å². The molecule has 2 amide bonds. The fourth-order valence-electron chi connectivity index (χ4n) is 2.96.